The van der Waals surface area contributed by atoms with Gasteiger partial charge >= 0.3 is 5.97 Å². The molecule has 0 aromatic heterocycles. The normalized spacial score (nSPS) is 11.8. The summed E-state index contributed by atoms with van der Waals surface area (Å²) in [6, 6.07) is 0.580. The fraction of sp³-hybridized carbons (Fsp3) is 0.273. The van der Waals surface area contributed by atoms with E-state index in [1.807, 2.05) is 0 Å². The Hall–Kier alpha value is -1.90. The van der Waals surface area contributed by atoms with Gasteiger partial charge in [0.15, 0.2) is 6.04 Å². The van der Waals surface area contributed by atoms with E-state index in [-0.39, 0.29) is 22.2 Å². The van der Waals surface area contributed by atoms with E-state index in [2.05, 4.69) is 10.1 Å². The summed E-state index contributed by atoms with van der Waals surface area (Å²) in [4.78, 5) is 32.9. The molecule has 0 bridgehead atoms. The van der Waals surface area contributed by atoms with Crippen molar-refractivity contribution >= 4 is 40.8 Å². The Balaban J connectivity index is 3.11. The molecule has 0 fully saturated rings. The number of carbonyl (C=O) groups is 2. The van der Waals surface area contributed by atoms with Gasteiger partial charge in [0.25, 0.3) is 11.6 Å². The van der Waals surface area contributed by atoms with E-state index in [4.69, 9.17) is 28.3 Å². The first-order chi connectivity index (χ1) is 9.77. The number of halogens is 2. The number of carboxylic acid groups (broad SMARTS) is 1. The fourth-order valence-corrected chi connectivity index (χ4v) is 1.83. The summed E-state index contributed by atoms with van der Waals surface area (Å²) in [7, 11) is 1.26. The Morgan fingerprint density at radius 3 is 2.57 bits per heavy atom. The highest BCUT2D eigenvalue weighted by Gasteiger charge is 2.24. The third kappa shape index (κ3) is 4.28. The molecule has 0 aliphatic carbocycles. The van der Waals surface area contributed by atoms with Crippen molar-refractivity contribution in [1.29, 1.82) is 0 Å². The van der Waals surface area contributed by atoms with Gasteiger partial charge in [0.2, 0.25) is 0 Å². The van der Waals surface area contributed by atoms with Gasteiger partial charge in [0.05, 0.1) is 27.1 Å². The van der Waals surface area contributed by atoms with E-state index in [0.717, 1.165) is 12.1 Å². The molecule has 0 heterocycles. The molecular formula is C11H10Cl2N2O6. The maximum atomic E-state index is 12.0. The molecule has 2 N–H and O–H groups in total. The number of ether oxygens (including phenoxy) is 1. The number of nitro groups is 1. The van der Waals surface area contributed by atoms with Crippen LogP contribution in [0.3, 0.4) is 0 Å². The summed E-state index contributed by atoms with van der Waals surface area (Å²) < 4.78 is 4.66. The van der Waals surface area contributed by atoms with Crippen LogP contribution in [0.15, 0.2) is 12.1 Å². The van der Waals surface area contributed by atoms with Crippen LogP contribution in [-0.2, 0) is 9.53 Å². The van der Waals surface area contributed by atoms with Gasteiger partial charge in [-0.15, -0.1) is 0 Å². The van der Waals surface area contributed by atoms with Crippen LogP contribution in [0.2, 0.25) is 10.0 Å². The third-order valence-electron chi connectivity index (χ3n) is 2.41. The summed E-state index contributed by atoms with van der Waals surface area (Å²) in [6.45, 7) is -0.276. The second-order valence-corrected chi connectivity index (χ2v) is 4.65. The predicted molar refractivity (Wildman–Crippen MR) is 73.9 cm³/mol. The monoisotopic (exact) mass is 336 g/mol. The first-order valence-electron chi connectivity index (χ1n) is 5.44. The van der Waals surface area contributed by atoms with Crippen molar-refractivity contribution in [2.24, 2.45) is 0 Å². The highest BCUT2D eigenvalue weighted by molar-refractivity contribution is 6.44. The van der Waals surface area contributed by atoms with E-state index >= 15 is 0 Å². The number of non-ortho nitro benzene ring substituents is 1. The summed E-state index contributed by atoms with van der Waals surface area (Å²) in [6.07, 6.45) is 0. The van der Waals surface area contributed by atoms with E-state index in [9.17, 15) is 19.7 Å². The van der Waals surface area contributed by atoms with Crippen molar-refractivity contribution in [1.82, 2.24) is 5.32 Å². The number of nitrogens with one attached hydrogen (secondary N) is 1. The molecule has 0 spiro atoms. The molecule has 0 aliphatic rings. The van der Waals surface area contributed by atoms with Crippen LogP contribution in [0.25, 0.3) is 0 Å². The molecule has 8 nitrogen and oxygen atoms in total. The third-order valence-corrected chi connectivity index (χ3v) is 3.21. The second-order valence-electron chi connectivity index (χ2n) is 3.87. The molecule has 0 aliphatic heterocycles. The average molecular weight is 337 g/mol. The number of nitro benzene ring substituents is 1. The van der Waals surface area contributed by atoms with Crippen LogP contribution in [-0.4, -0.2) is 41.7 Å². The maximum Gasteiger partial charge on any atom is 0.328 e. The predicted octanol–water partition coefficient (Wildman–Crippen LogP) is 1.73. The first-order valence-corrected chi connectivity index (χ1v) is 6.19. The molecule has 0 saturated carbocycles. The Bertz CT molecular complexity index is 592. The zero-order chi connectivity index (χ0) is 16.2. The molecule has 1 unspecified atom stereocenters. The van der Waals surface area contributed by atoms with Gasteiger partial charge in [-0.3, -0.25) is 14.9 Å². The quantitative estimate of drug-likeness (QED) is 0.603. The molecule has 1 aromatic carbocycles. The number of rotatable bonds is 6. The van der Waals surface area contributed by atoms with Crippen molar-refractivity contribution in [3.63, 3.8) is 0 Å². The molecular weight excluding hydrogens is 327 g/mol. The van der Waals surface area contributed by atoms with E-state index in [1.165, 1.54) is 7.11 Å². The van der Waals surface area contributed by atoms with E-state index in [0.29, 0.717) is 0 Å². The number of hydrogen-bond donors (Lipinski definition) is 2. The highest BCUT2D eigenvalue weighted by atomic mass is 35.5. The minimum Gasteiger partial charge on any atom is -0.480 e. The Labute approximate surface area is 128 Å². The zero-order valence-corrected chi connectivity index (χ0v) is 12.1. The number of carbonyl (C=O) groups excluding carboxylic acids is 1. The minimum atomic E-state index is -1.32. The maximum absolute atomic E-state index is 12.0. The lowest BCUT2D eigenvalue weighted by Crippen LogP contribution is -2.43. The van der Waals surface area contributed by atoms with Crippen molar-refractivity contribution in [2.75, 3.05) is 13.7 Å². The smallest absolute Gasteiger partial charge is 0.328 e. The van der Waals surface area contributed by atoms with Crippen LogP contribution in [0.1, 0.15) is 10.4 Å². The molecule has 21 heavy (non-hydrogen) atoms. The van der Waals surface area contributed by atoms with E-state index in [1.54, 1.807) is 0 Å². The average Bonchev–Trinajstić information content (AvgIpc) is 2.40. The molecule has 0 radical (unpaired) electrons. The SMILES string of the molecule is COCC(NC(=O)c1cc([N+](=O)[O-])cc(Cl)c1Cl)C(=O)O. The van der Waals surface area contributed by atoms with Crippen LogP contribution >= 0.6 is 23.2 Å². The lowest BCUT2D eigenvalue weighted by molar-refractivity contribution is -0.384. The number of methoxy groups -OCH3 is 1. The number of carboxylic acids is 1. The largest absolute Gasteiger partial charge is 0.480 e. The topological polar surface area (TPSA) is 119 Å². The number of benzene rings is 1. The Kier molecular flexibility index (Phi) is 5.89. The van der Waals surface area contributed by atoms with Crippen molar-refractivity contribution in [2.45, 2.75) is 6.04 Å². The zero-order valence-electron chi connectivity index (χ0n) is 10.6. The van der Waals surface area contributed by atoms with Gasteiger partial charge in [-0.25, -0.2) is 4.79 Å². The second kappa shape index (κ2) is 7.21. The van der Waals surface area contributed by atoms with Gasteiger partial charge < -0.3 is 15.2 Å². The standard InChI is InChI=1S/C11H10Cl2N2O6/c1-21-4-8(11(17)18)14-10(16)6-2-5(15(19)20)3-7(12)9(6)13/h2-3,8H,4H2,1H3,(H,14,16)(H,17,18). The summed E-state index contributed by atoms with van der Waals surface area (Å²) in [5.74, 6) is -2.23. The highest BCUT2D eigenvalue weighted by Crippen LogP contribution is 2.30. The lowest BCUT2D eigenvalue weighted by Gasteiger charge is -2.14. The van der Waals surface area contributed by atoms with Crippen molar-refractivity contribution < 1.29 is 24.4 Å². The fourth-order valence-electron chi connectivity index (χ4n) is 1.42. The summed E-state index contributed by atoms with van der Waals surface area (Å²) in [5, 5.41) is 21.4. The molecule has 1 atom stereocenters. The van der Waals surface area contributed by atoms with Crippen LogP contribution in [0.5, 0.6) is 0 Å². The molecule has 10 heteroatoms. The van der Waals surface area contributed by atoms with E-state index < -0.39 is 28.5 Å². The molecule has 1 rings (SSSR count). The number of nitrogens with zero attached hydrogens (tertiary/aromatic N) is 1. The van der Waals surface area contributed by atoms with Crippen molar-refractivity contribution in [3.8, 4) is 0 Å². The Morgan fingerprint density at radius 2 is 2.10 bits per heavy atom. The molecule has 114 valence electrons. The summed E-state index contributed by atoms with van der Waals surface area (Å²) in [5.41, 5.74) is -0.730. The van der Waals surface area contributed by atoms with Crippen molar-refractivity contribution in [3.05, 3.63) is 37.9 Å². The van der Waals surface area contributed by atoms with Gasteiger partial charge in [-0.05, 0) is 0 Å². The summed E-state index contributed by atoms with van der Waals surface area (Å²) >= 11 is 11.5. The molecule has 0 saturated heterocycles. The first kappa shape index (κ1) is 17.2. The van der Waals surface area contributed by atoms with Gasteiger partial charge in [-0.1, -0.05) is 23.2 Å². The number of aliphatic carboxylic acids is 1. The lowest BCUT2D eigenvalue weighted by atomic mass is 10.1. The molecule has 1 aromatic rings. The number of amides is 1. The van der Waals surface area contributed by atoms with Crippen LogP contribution in [0.4, 0.5) is 5.69 Å². The van der Waals surface area contributed by atoms with Crippen LogP contribution < -0.4 is 5.32 Å². The van der Waals surface area contributed by atoms with Crippen LogP contribution in [0, 0.1) is 10.1 Å². The van der Waals surface area contributed by atoms with Gasteiger partial charge in [-0.2, -0.15) is 0 Å². The minimum absolute atomic E-state index is 0.186. The Morgan fingerprint density at radius 1 is 1.48 bits per heavy atom. The van der Waals surface area contributed by atoms with Gasteiger partial charge in [0.1, 0.15) is 0 Å². The van der Waals surface area contributed by atoms with Gasteiger partial charge in [0, 0.05) is 19.2 Å². The number of hydrogen-bond acceptors (Lipinski definition) is 5. The molecule has 1 amide bonds.